The zero-order chi connectivity index (χ0) is 17.0. The molecule has 2 aromatic rings. The minimum absolute atomic E-state index is 0.00749. The molecular weight excluding hydrogens is 324 g/mol. The molecule has 10 heteroatoms. The van der Waals surface area contributed by atoms with Crippen LogP contribution in [0.3, 0.4) is 0 Å². The van der Waals surface area contributed by atoms with Gasteiger partial charge in [0.15, 0.2) is 9.84 Å². The second-order valence-electron chi connectivity index (χ2n) is 4.79. The maximum atomic E-state index is 11.8. The van der Waals surface area contributed by atoms with Crippen molar-refractivity contribution in [1.29, 1.82) is 0 Å². The summed E-state index contributed by atoms with van der Waals surface area (Å²) in [7, 11) is -1.70. The molecule has 0 aliphatic rings. The van der Waals surface area contributed by atoms with Crippen molar-refractivity contribution in [3.8, 4) is 5.75 Å². The number of H-pyrrole nitrogens is 2. The van der Waals surface area contributed by atoms with Crippen LogP contribution in [0.15, 0.2) is 16.9 Å². The molecule has 1 aromatic carbocycles. The van der Waals surface area contributed by atoms with E-state index in [9.17, 15) is 18.0 Å². The zero-order valence-corrected chi connectivity index (χ0v) is 13.5. The Labute approximate surface area is 132 Å². The van der Waals surface area contributed by atoms with Crippen molar-refractivity contribution >= 4 is 32.6 Å². The molecule has 0 aliphatic heterocycles. The van der Waals surface area contributed by atoms with E-state index in [4.69, 9.17) is 4.74 Å². The van der Waals surface area contributed by atoms with E-state index in [1.54, 1.807) is 19.1 Å². The number of hydrogen-bond acceptors (Lipinski definition) is 5. The number of benzene rings is 1. The molecule has 0 saturated heterocycles. The summed E-state index contributed by atoms with van der Waals surface area (Å²) >= 11 is 0. The molecule has 0 fully saturated rings. The van der Waals surface area contributed by atoms with Crippen molar-refractivity contribution in [3.05, 3.63) is 22.6 Å². The molecule has 4 N–H and O–H groups in total. The van der Waals surface area contributed by atoms with Crippen LogP contribution >= 0.6 is 0 Å². The highest BCUT2D eigenvalue weighted by Crippen LogP contribution is 2.28. The monoisotopic (exact) mass is 342 g/mol. The van der Waals surface area contributed by atoms with Crippen molar-refractivity contribution in [2.45, 2.75) is 6.92 Å². The number of carbonyl (C=O) groups is 1. The number of anilines is 1. The predicted molar refractivity (Wildman–Crippen MR) is 86.8 cm³/mol. The normalized spacial score (nSPS) is 11.4. The second-order valence-corrected chi connectivity index (χ2v) is 7.27. The van der Waals surface area contributed by atoms with Crippen LogP contribution < -0.4 is 21.1 Å². The summed E-state index contributed by atoms with van der Waals surface area (Å²) in [5.74, 6) is 0.268. The van der Waals surface area contributed by atoms with Crippen LogP contribution in [0.5, 0.6) is 5.75 Å². The van der Waals surface area contributed by atoms with E-state index in [2.05, 4.69) is 20.6 Å². The lowest BCUT2D eigenvalue weighted by molar-refractivity contribution is 0.252. The van der Waals surface area contributed by atoms with Gasteiger partial charge < -0.3 is 25.3 Å². The number of hydrogen-bond donors (Lipinski definition) is 4. The van der Waals surface area contributed by atoms with Crippen LogP contribution in [-0.4, -0.2) is 49.6 Å². The van der Waals surface area contributed by atoms with Crippen molar-refractivity contribution < 1.29 is 17.9 Å². The van der Waals surface area contributed by atoms with Crippen LogP contribution in [0, 0.1) is 0 Å². The summed E-state index contributed by atoms with van der Waals surface area (Å²) in [6.07, 6.45) is 0. The van der Waals surface area contributed by atoms with Gasteiger partial charge in [-0.05, 0) is 6.07 Å². The summed E-state index contributed by atoms with van der Waals surface area (Å²) < 4.78 is 27.9. The summed E-state index contributed by atoms with van der Waals surface area (Å²) in [5, 5.41) is 5.02. The van der Waals surface area contributed by atoms with Gasteiger partial charge in [-0.2, -0.15) is 0 Å². The van der Waals surface area contributed by atoms with Crippen LogP contribution in [0.2, 0.25) is 0 Å². The first-order valence-electron chi connectivity index (χ1n) is 6.90. The molecule has 0 atom stereocenters. The van der Waals surface area contributed by atoms with E-state index in [-0.39, 0.29) is 23.7 Å². The lowest BCUT2D eigenvalue weighted by atomic mass is 10.2. The third-order valence-corrected chi connectivity index (χ3v) is 4.93. The standard InChI is InChI=1S/C13H18N4O5S/c1-3-23(20,21)5-4-14-12(18)17-10-6-8-9(7-11(10)22-2)16-13(19)15-8/h6-7H,3-5H2,1-2H3,(H2,14,17,18)(H2,15,16,19). The van der Waals surface area contributed by atoms with Gasteiger partial charge >= 0.3 is 11.7 Å². The zero-order valence-electron chi connectivity index (χ0n) is 12.7. The molecule has 23 heavy (non-hydrogen) atoms. The summed E-state index contributed by atoms with van der Waals surface area (Å²) in [5.41, 5.74) is 1.05. The first kappa shape index (κ1) is 16.9. The van der Waals surface area contributed by atoms with Crippen LogP contribution in [0.1, 0.15) is 6.92 Å². The quantitative estimate of drug-likeness (QED) is 0.604. The number of rotatable bonds is 6. The topological polar surface area (TPSA) is 133 Å². The Morgan fingerprint density at radius 3 is 2.52 bits per heavy atom. The highest BCUT2D eigenvalue weighted by atomic mass is 32.2. The Hall–Kier alpha value is -2.49. The van der Waals surface area contributed by atoms with Crippen LogP contribution in [-0.2, 0) is 9.84 Å². The van der Waals surface area contributed by atoms with E-state index >= 15 is 0 Å². The van der Waals surface area contributed by atoms with Gasteiger partial charge in [-0.3, -0.25) is 0 Å². The molecule has 1 heterocycles. The maximum absolute atomic E-state index is 11.8. The lowest BCUT2D eigenvalue weighted by Crippen LogP contribution is -2.33. The van der Waals surface area contributed by atoms with Crippen LogP contribution in [0.4, 0.5) is 10.5 Å². The second kappa shape index (κ2) is 6.73. The fourth-order valence-corrected chi connectivity index (χ4v) is 2.66. The number of aromatic nitrogens is 2. The Bertz CT molecular complexity index is 868. The number of methoxy groups -OCH3 is 1. The molecule has 9 nitrogen and oxygen atoms in total. The van der Waals surface area contributed by atoms with Gasteiger partial charge in [0.2, 0.25) is 0 Å². The van der Waals surface area contributed by atoms with Crippen molar-refractivity contribution in [3.63, 3.8) is 0 Å². The van der Waals surface area contributed by atoms with Gasteiger partial charge in [-0.1, -0.05) is 6.92 Å². The minimum atomic E-state index is -3.14. The number of nitrogens with one attached hydrogen (secondary N) is 4. The van der Waals surface area contributed by atoms with Gasteiger partial charge in [-0.25, -0.2) is 18.0 Å². The molecule has 1 aromatic heterocycles. The smallest absolute Gasteiger partial charge is 0.323 e. The van der Waals surface area contributed by atoms with E-state index in [0.717, 1.165) is 0 Å². The van der Waals surface area contributed by atoms with Gasteiger partial charge in [-0.15, -0.1) is 0 Å². The minimum Gasteiger partial charge on any atom is -0.494 e. The highest BCUT2D eigenvalue weighted by molar-refractivity contribution is 7.91. The van der Waals surface area contributed by atoms with Crippen LogP contribution in [0.25, 0.3) is 11.0 Å². The molecule has 0 unspecified atom stereocenters. The molecule has 0 radical (unpaired) electrons. The van der Waals surface area contributed by atoms with Crippen molar-refractivity contribution in [1.82, 2.24) is 15.3 Å². The Morgan fingerprint density at radius 2 is 1.91 bits per heavy atom. The maximum Gasteiger partial charge on any atom is 0.323 e. The number of aromatic amines is 2. The van der Waals surface area contributed by atoms with Crippen molar-refractivity contribution in [2.75, 3.05) is 30.5 Å². The first-order valence-corrected chi connectivity index (χ1v) is 8.72. The summed E-state index contributed by atoms with van der Waals surface area (Å²) in [4.78, 5) is 28.3. The number of amides is 2. The Morgan fingerprint density at radius 1 is 1.26 bits per heavy atom. The predicted octanol–water partition coefficient (Wildman–Crippen LogP) is 0.421. The molecule has 2 rings (SSSR count). The highest BCUT2D eigenvalue weighted by Gasteiger charge is 2.12. The molecule has 0 bridgehead atoms. The Kier molecular flexibility index (Phi) is 4.94. The SMILES string of the molecule is CCS(=O)(=O)CCNC(=O)Nc1cc2[nH]c(=O)[nH]c2cc1OC. The molecule has 2 amide bonds. The third-order valence-electron chi connectivity index (χ3n) is 3.22. The van der Waals surface area contributed by atoms with Crippen molar-refractivity contribution in [2.24, 2.45) is 0 Å². The molecule has 0 aliphatic carbocycles. The largest absolute Gasteiger partial charge is 0.494 e. The number of carbonyl (C=O) groups excluding carboxylic acids is 1. The first-order chi connectivity index (χ1) is 10.8. The number of ether oxygens (including phenoxy) is 1. The third kappa shape index (κ3) is 4.25. The molecule has 126 valence electrons. The van der Waals surface area contributed by atoms with E-state index in [1.165, 1.54) is 7.11 Å². The van der Waals surface area contributed by atoms with E-state index in [0.29, 0.717) is 22.5 Å². The molecule has 0 spiro atoms. The average Bonchev–Trinajstić information content (AvgIpc) is 2.85. The van der Waals surface area contributed by atoms with Gasteiger partial charge in [0.25, 0.3) is 0 Å². The fourth-order valence-electron chi connectivity index (χ4n) is 1.96. The van der Waals surface area contributed by atoms with Gasteiger partial charge in [0, 0.05) is 18.4 Å². The van der Waals surface area contributed by atoms with Gasteiger partial charge in [0.1, 0.15) is 5.75 Å². The lowest BCUT2D eigenvalue weighted by Gasteiger charge is -2.11. The number of imidazole rings is 1. The summed E-state index contributed by atoms with van der Waals surface area (Å²) in [6, 6.07) is 2.56. The van der Waals surface area contributed by atoms with E-state index in [1.807, 2.05) is 0 Å². The fraction of sp³-hybridized carbons (Fsp3) is 0.385. The Balaban J connectivity index is 2.08. The molecular formula is C13H18N4O5S. The number of fused-ring (bicyclic) bond motifs is 1. The molecule has 0 saturated carbocycles. The number of sulfone groups is 1. The number of urea groups is 1. The van der Waals surface area contributed by atoms with E-state index < -0.39 is 15.9 Å². The average molecular weight is 342 g/mol. The summed E-state index contributed by atoms with van der Waals surface area (Å²) in [6.45, 7) is 1.56. The van der Waals surface area contributed by atoms with Gasteiger partial charge in [0.05, 0.1) is 29.6 Å².